The Hall–Kier alpha value is -2.54. The largest absolute Gasteiger partial charge is 0.491 e. The molecule has 0 aliphatic rings. The van der Waals surface area contributed by atoms with Gasteiger partial charge in [0.2, 0.25) is 0 Å². The van der Waals surface area contributed by atoms with Crippen molar-refractivity contribution < 1.29 is 9.47 Å². The van der Waals surface area contributed by atoms with Crippen molar-refractivity contribution >= 4 is 5.96 Å². The molecule has 1 aromatic carbocycles. The molecule has 1 heterocycles. The lowest BCUT2D eigenvalue weighted by Gasteiger charge is -2.14. The molecule has 2 aromatic rings. The normalized spacial score (nSPS) is 11.5. The number of rotatable bonds is 12. The number of nitrogens with one attached hydrogen (secondary N) is 2. The van der Waals surface area contributed by atoms with Crippen LogP contribution in [0.4, 0.5) is 0 Å². The van der Waals surface area contributed by atoms with Gasteiger partial charge in [0, 0.05) is 38.0 Å². The van der Waals surface area contributed by atoms with Gasteiger partial charge in [-0.05, 0) is 51.3 Å². The molecule has 0 saturated carbocycles. The summed E-state index contributed by atoms with van der Waals surface area (Å²) >= 11 is 0. The summed E-state index contributed by atoms with van der Waals surface area (Å²) in [4.78, 5) is 4.73. The maximum absolute atomic E-state index is 5.92. The lowest BCUT2D eigenvalue weighted by molar-refractivity contribution is 0.110. The van der Waals surface area contributed by atoms with E-state index in [-0.39, 0.29) is 0 Å². The second-order valence-corrected chi connectivity index (χ2v) is 6.91. The topological polar surface area (TPSA) is 72.7 Å². The Labute approximate surface area is 174 Å². The van der Waals surface area contributed by atoms with Crippen LogP contribution in [0.5, 0.6) is 5.75 Å². The van der Waals surface area contributed by atoms with Gasteiger partial charge in [-0.25, -0.2) is 4.99 Å². The van der Waals surface area contributed by atoms with Crippen LogP contribution in [0.1, 0.15) is 37.0 Å². The highest BCUT2D eigenvalue weighted by Crippen LogP contribution is 2.21. The molecular formula is C22H35N5O2. The minimum absolute atomic E-state index is 0.541. The van der Waals surface area contributed by atoms with Gasteiger partial charge in [0.25, 0.3) is 0 Å². The maximum Gasteiger partial charge on any atom is 0.191 e. The molecule has 0 radical (unpaired) electrons. The molecule has 0 saturated heterocycles. The van der Waals surface area contributed by atoms with Crippen LogP contribution in [-0.4, -0.2) is 48.7 Å². The van der Waals surface area contributed by atoms with Crippen molar-refractivity contribution in [3.05, 3.63) is 47.3 Å². The molecule has 0 aliphatic heterocycles. The SMILES string of the molecule is CCNC(=NCc1ccc(C)cc1OCCOCC)NCCCn1cc(C)cn1. The quantitative estimate of drug-likeness (QED) is 0.325. The van der Waals surface area contributed by atoms with E-state index in [9.17, 15) is 0 Å². The third-order valence-electron chi connectivity index (χ3n) is 4.28. The Balaban J connectivity index is 1.89. The van der Waals surface area contributed by atoms with Gasteiger partial charge in [0.1, 0.15) is 12.4 Å². The van der Waals surface area contributed by atoms with Gasteiger partial charge < -0.3 is 20.1 Å². The highest BCUT2D eigenvalue weighted by atomic mass is 16.5. The third kappa shape index (κ3) is 8.56. The number of nitrogens with zero attached hydrogens (tertiary/aromatic N) is 3. The summed E-state index contributed by atoms with van der Waals surface area (Å²) in [6, 6.07) is 6.23. The second kappa shape index (κ2) is 12.8. The van der Waals surface area contributed by atoms with E-state index in [1.54, 1.807) is 0 Å². The number of aromatic nitrogens is 2. The number of hydrogen-bond donors (Lipinski definition) is 2. The van der Waals surface area contributed by atoms with Crippen LogP contribution in [-0.2, 0) is 17.8 Å². The second-order valence-electron chi connectivity index (χ2n) is 6.91. The van der Waals surface area contributed by atoms with E-state index in [4.69, 9.17) is 14.5 Å². The number of benzene rings is 1. The summed E-state index contributed by atoms with van der Waals surface area (Å²) in [5.41, 5.74) is 3.42. The predicted molar refractivity (Wildman–Crippen MR) is 118 cm³/mol. The molecule has 7 heteroatoms. The van der Waals surface area contributed by atoms with Gasteiger partial charge in [-0.1, -0.05) is 12.1 Å². The van der Waals surface area contributed by atoms with Crippen LogP contribution < -0.4 is 15.4 Å². The van der Waals surface area contributed by atoms with Crippen molar-refractivity contribution in [2.75, 3.05) is 32.9 Å². The first-order chi connectivity index (χ1) is 14.1. The summed E-state index contributed by atoms with van der Waals surface area (Å²) in [6.07, 6.45) is 4.92. The van der Waals surface area contributed by atoms with Gasteiger partial charge in [-0.2, -0.15) is 5.10 Å². The molecule has 0 unspecified atom stereocenters. The Kier molecular flexibility index (Phi) is 10.1. The fraction of sp³-hybridized carbons (Fsp3) is 0.545. The summed E-state index contributed by atoms with van der Waals surface area (Å²) in [6.45, 7) is 13.1. The Morgan fingerprint density at radius 3 is 2.72 bits per heavy atom. The highest BCUT2D eigenvalue weighted by molar-refractivity contribution is 5.79. The van der Waals surface area contributed by atoms with E-state index < -0.39 is 0 Å². The van der Waals surface area contributed by atoms with Crippen molar-refractivity contribution in [2.45, 2.75) is 47.2 Å². The molecule has 29 heavy (non-hydrogen) atoms. The molecule has 160 valence electrons. The lowest BCUT2D eigenvalue weighted by Crippen LogP contribution is -2.38. The summed E-state index contributed by atoms with van der Waals surface area (Å²) < 4.78 is 13.3. The van der Waals surface area contributed by atoms with E-state index in [1.807, 2.05) is 17.8 Å². The Morgan fingerprint density at radius 1 is 1.14 bits per heavy atom. The van der Waals surface area contributed by atoms with E-state index in [2.05, 4.69) is 60.9 Å². The molecule has 0 fully saturated rings. The van der Waals surface area contributed by atoms with Gasteiger partial charge in [0.05, 0.1) is 19.3 Å². The van der Waals surface area contributed by atoms with Gasteiger partial charge in [-0.15, -0.1) is 0 Å². The van der Waals surface area contributed by atoms with Crippen LogP contribution in [0, 0.1) is 13.8 Å². The van der Waals surface area contributed by atoms with Crippen LogP contribution in [0.25, 0.3) is 0 Å². The first kappa shape index (κ1) is 22.7. The number of aliphatic imine (C=N–C) groups is 1. The first-order valence-electron chi connectivity index (χ1n) is 10.4. The standard InChI is InChI=1S/C22H35N5O2/c1-5-23-22(24-10-7-11-27-17-19(4)15-26-27)25-16-20-9-8-18(3)14-21(20)29-13-12-28-6-2/h8-9,14-15,17H,5-7,10-13,16H2,1-4H3,(H2,23,24,25). The van der Waals surface area contributed by atoms with E-state index in [1.165, 1.54) is 11.1 Å². The molecule has 0 spiro atoms. The maximum atomic E-state index is 5.92. The molecule has 2 N–H and O–H groups in total. The third-order valence-corrected chi connectivity index (χ3v) is 4.28. The highest BCUT2D eigenvalue weighted by Gasteiger charge is 2.05. The monoisotopic (exact) mass is 401 g/mol. The smallest absolute Gasteiger partial charge is 0.191 e. The van der Waals surface area contributed by atoms with Crippen molar-refractivity contribution in [3.8, 4) is 5.75 Å². The van der Waals surface area contributed by atoms with E-state index in [0.29, 0.717) is 26.4 Å². The molecule has 2 rings (SSSR count). The number of hydrogen-bond acceptors (Lipinski definition) is 4. The van der Waals surface area contributed by atoms with E-state index >= 15 is 0 Å². The molecule has 0 atom stereocenters. The lowest BCUT2D eigenvalue weighted by atomic mass is 10.1. The van der Waals surface area contributed by atoms with Crippen LogP contribution in [0.2, 0.25) is 0 Å². The predicted octanol–water partition coefficient (Wildman–Crippen LogP) is 3.06. The summed E-state index contributed by atoms with van der Waals surface area (Å²) in [5, 5.41) is 11.0. The summed E-state index contributed by atoms with van der Waals surface area (Å²) in [7, 11) is 0. The van der Waals surface area contributed by atoms with Crippen molar-refractivity contribution in [3.63, 3.8) is 0 Å². The van der Waals surface area contributed by atoms with Crippen LogP contribution in [0.3, 0.4) is 0 Å². The number of ether oxygens (including phenoxy) is 2. The minimum atomic E-state index is 0.541. The van der Waals surface area contributed by atoms with Gasteiger partial charge in [0.15, 0.2) is 5.96 Å². The molecular weight excluding hydrogens is 366 g/mol. The zero-order chi connectivity index (χ0) is 20.9. The molecule has 0 amide bonds. The first-order valence-corrected chi connectivity index (χ1v) is 10.4. The fourth-order valence-corrected chi connectivity index (χ4v) is 2.82. The van der Waals surface area contributed by atoms with Crippen LogP contribution in [0.15, 0.2) is 35.6 Å². The average molecular weight is 402 g/mol. The number of guanidine groups is 1. The fourth-order valence-electron chi connectivity index (χ4n) is 2.82. The Morgan fingerprint density at radius 2 is 2.00 bits per heavy atom. The van der Waals surface area contributed by atoms with Gasteiger partial charge >= 0.3 is 0 Å². The molecule has 7 nitrogen and oxygen atoms in total. The van der Waals surface area contributed by atoms with Crippen molar-refractivity contribution in [1.29, 1.82) is 0 Å². The van der Waals surface area contributed by atoms with Crippen molar-refractivity contribution in [1.82, 2.24) is 20.4 Å². The molecule has 0 bridgehead atoms. The van der Waals surface area contributed by atoms with Crippen molar-refractivity contribution in [2.24, 2.45) is 4.99 Å². The zero-order valence-corrected chi connectivity index (χ0v) is 18.2. The average Bonchev–Trinajstić information content (AvgIpc) is 3.12. The minimum Gasteiger partial charge on any atom is -0.491 e. The number of aryl methyl sites for hydroxylation is 3. The van der Waals surface area contributed by atoms with Gasteiger partial charge in [-0.3, -0.25) is 4.68 Å². The molecule has 1 aromatic heterocycles. The Bertz CT molecular complexity index is 757. The molecule has 0 aliphatic carbocycles. The zero-order valence-electron chi connectivity index (χ0n) is 18.2. The van der Waals surface area contributed by atoms with Crippen LogP contribution >= 0.6 is 0 Å². The van der Waals surface area contributed by atoms with E-state index in [0.717, 1.165) is 43.3 Å². The summed E-state index contributed by atoms with van der Waals surface area (Å²) in [5.74, 6) is 1.68.